The lowest BCUT2D eigenvalue weighted by molar-refractivity contribution is -0.124. The number of nitrogens with one attached hydrogen (secondary N) is 1. The van der Waals surface area contributed by atoms with Gasteiger partial charge in [0, 0.05) is 42.5 Å². The van der Waals surface area contributed by atoms with Crippen LogP contribution < -0.4 is 15.1 Å². The van der Waals surface area contributed by atoms with E-state index >= 15 is 0 Å². The van der Waals surface area contributed by atoms with Crippen LogP contribution in [0.3, 0.4) is 0 Å². The van der Waals surface area contributed by atoms with Crippen LogP contribution >= 0.6 is 0 Å². The summed E-state index contributed by atoms with van der Waals surface area (Å²) in [4.78, 5) is 41.8. The average molecular weight is 418 g/mol. The molecule has 2 aromatic rings. The first-order chi connectivity index (χ1) is 15.0. The van der Waals surface area contributed by atoms with E-state index in [1.165, 1.54) is 0 Å². The van der Waals surface area contributed by atoms with Crippen molar-refractivity contribution in [3.05, 3.63) is 53.6 Å². The Morgan fingerprint density at radius 2 is 1.87 bits per heavy atom. The van der Waals surface area contributed by atoms with Gasteiger partial charge in [0.25, 0.3) is 0 Å². The molecule has 1 unspecified atom stereocenters. The number of amides is 3. The molecular weight excluding hydrogens is 390 g/mol. The zero-order valence-corrected chi connectivity index (χ0v) is 17.8. The molecule has 2 heterocycles. The van der Waals surface area contributed by atoms with Crippen molar-refractivity contribution >= 4 is 34.8 Å². The van der Waals surface area contributed by atoms with E-state index < -0.39 is 0 Å². The lowest BCUT2D eigenvalue weighted by atomic mass is 9.84. The van der Waals surface area contributed by atoms with Crippen LogP contribution in [0.1, 0.15) is 36.8 Å². The third-order valence-electron chi connectivity index (χ3n) is 6.89. The molecule has 1 N–H and O–H groups in total. The minimum Gasteiger partial charge on any atom is -0.326 e. The molecule has 1 saturated carbocycles. The highest BCUT2D eigenvalue weighted by Crippen LogP contribution is 2.37. The third-order valence-corrected chi connectivity index (χ3v) is 6.89. The fourth-order valence-electron chi connectivity index (χ4n) is 4.74. The quantitative estimate of drug-likeness (QED) is 0.825. The summed E-state index contributed by atoms with van der Waals surface area (Å²) in [5.41, 5.74) is 4.67. The first-order valence-electron chi connectivity index (χ1n) is 11.1. The Hall–Kier alpha value is -3.15. The maximum Gasteiger partial charge on any atom is 0.230 e. The number of benzene rings is 2. The predicted molar refractivity (Wildman–Crippen MR) is 120 cm³/mol. The predicted octanol–water partition coefficient (Wildman–Crippen LogP) is 3.68. The van der Waals surface area contributed by atoms with Gasteiger partial charge in [0.15, 0.2) is 0 Å². The Bertz CT molecular complexity index is 1060. The molecule has 0 spiro atoms. The summed E-state index contributed by atoms with van der Waals surface area (Å²) in [6.45, 7) is 3.04. The van der Waals surface area contributed by atoms with E-state index in [0.29, 0.717) is 13.1 Å². The number of hydrogen-bond acceptors (Lipinski definition) is 3. The van der Waals surface area contributed by atoms with E-state index in [1.807, 2.05) is 54.3 Å². The van der Waals surface area contributed by atoms with E-state index in [1.54, 1.807) is 4.90 Å². The second-order valence-corrected chi connectivity index (χ2v) is 8.89. The van der Waals surface area contributed by atoms with Crippen LogP contribution in [-0.2, 0) is 20.8 Å². The van der Waals surface area contributed by atoms with Gasteiger partial charge in [0.1, 0.15) is 0 Å². The molecule has 2 aliphatic heterocycles. The van der Waals surface area contributed by atoms with Gasteiger partial charge < -0.3 is 15.1 Å². The van der Waals surface area contributed by atoms with Crippen molar-refractivity contribution in [2.45, 2.75) is 39.0 Å². The molecule has 0 radical (unpaired) electrons. The van der Waals surface area contributed by atoms with E-state index in [0.717, 1.165) is 53.9 Å². The first kappa shape index (κ1) is 19.8. The standard InChI is InChI=1S/C25H27N3O3/c1-16-5-2-3-8-21(16)26-24(30)19-14-23(29)28(15-19)20-9-10-22-18(13-20)11-12-27(22)25(31)17-6-4-7-17/h2-3,5,8-10,13,17,19H,4,6-7,11-12,14-15H2,1H3,(H,26,30). The molecule has 0 aromatic heterocycles. The summed E-state index contributed by atoms with van der Waals surface area (Å²) in [5.74, 6) is -0.118. The third kappa shape index (κ3) is 3.60. The largest absolute Gasteiger partial charge is 0.326 e. The zero-order valence-electron chi connectivity index (χ0n) is 17.8. The first-order valence-corrected chi connectivity index (χ1v) is 11.1. The molecule has 160 valence electrons. The van der Waals surface area contributed by atoms with E-state index in [2.05, 4.69) is 5.32 Å². The number of hydrogen-bond donors (Lipinski definition) is 1. The van der Waals surface area contributed by atoms with Gasteiger partial charge in [0.2, 0.25) is 17.7 Å². The lowest BCUT2D eigenvalue weighted by Crippen LogP contribution is -2.37. The average Bonchev–Trinajstić information content (AvgIpc) is 3.31. The molecule has 5 rings (SSSR count). The maximum atomic E-state index is 12.8. The Morgan fingerprint density at radius 3 is 2.61 bits per heavy atom. The maximum absolute atomic E-state index is 12.8. The van der Waals surface area contributed by atoms with Gasteiger partial charge >= 0.3 is 0 Å². The highest BCUT2D eigenvalue weighted by atomic mass is 16.2. The number of rotatable bonds is 4. The SMILES string of the molecule is Cc1ccccc1NC(=O)C1CC(=O)N(c2ccc3c(c2)CCN3C(=O)C2CCC2)C1. The molecule has 3 aliphatic rings. The Balaban J connectivity index is 1.29. The Kier molecular flexibility index (Phi) is 5.00. The second-order valence-electron chi connectivity index (χ2n) is 8.89. The van der Waals surface area contributed by atoms with E-state index in [-0.39, 0.29) is 36.0 Å². The molecule has 0 bridgehead atoms. The van der Waals surface area contributed by atoms with Gasteiger partial charge in [-0.05, 0) is 61.6 Å². The van der Waals surface area contributed by atoms with Gasteiger partial charge in [-0.2, -0.15) is 0 Å². The van der Waals surface area contributed by atoms with Crippen LogP contribution in [0, 0.1) is 18.8 Å². The summed E-state index contributed by atoms with van der Waals surface area (Å²) >= 11 is 0. The summed E-state index contributed by atoms with van der Waals surface area (Å²) < 4.78 is 0. The smallest absolute Gasteiger partial charge is 0.230 e. The Labute approximate surface area is 182 Å². The number of aryl methyl sites for hydroxylation is 1. The van der Waals surface area contributed by atoms with Crippen molar-refractivity contribution in [1.29, 1.82) is 0 Å². The van der Waals surface area contributed by atoms with Gasteiger partial charge in [-0.25, -0.2) is 0 Å². The van der Waals surface area contributed by atoms with Crippen molar-refractivity contribution in [1.82, 2.24) is 0 Å². The number of carbonyl (C=O) groups is 3. The monoisotopic (exact) mass is 417 g/mol. The number of para-hydroxylation sites is 1. The number of carbonyl (C=O) groups excluding carboxylic acids is 3. The normalized spacial score (nSPS) is 20.5. The summed E-state index contributed by atoms with van der Waals surface area (Å²) in [6.07, 6.45) is 4.15. The van der Waals surface area contributed by atoms with Crippen LogP contribution in [0.5, 0.6) is 0 Å². The number of nitrogens with zero attached hydrogens (tertiary/aromatic N) is 2. The van der Waals surface area contributed by atoms with Gasteiger partial charge in [0.05, 0.1) is 5.92 Å². The van der Waals surface area contributed by atoms with E-state index in [9.17, 15) is 14.4 Å². The molecule has 1 saturated heterocycles. The highest BCUT2D eigenvalue weighted by Gasteiger charge is 2.37. The molecule has 2 fully saturated rings. The van der Waals surface area contributed by atoms with Crippen molar-refractivity contribution in [2.75, 3.05) is 28.2 Å². The topological polar surface area (TPSA) is 69.7 Å². The fourth-order valence-corrected chi connectivity index (χ4v) is 4.74. The van der Waals surface area contributed by atoms with Crippen molar-refractivity contribution in [3.63, 3.8) is 0 Å². The summed E-state index contributed by atoms with van der Waals surface area (Å²) in [5, 5.41) is 2.96. The number of fused-ring (bicyclic) bond motifs is 1. The van der Waals surface area contributed by atoms with Crippen LogP contribution in [0.2, 0.25) is 0 Å². The van der Waals surface area contributed by atoms with Gasteiger partial charge in [-0.15, -0.1) is 0 Å². The summed E-state index contributed by atoms with van der Waals surface area (Å²) in [7, 11) is 0. The van der Waals surface area contributed by atoms with Crippen LogP contribution in [0.4, 0.5) is 17.1 Å². The number of anilines is 3. The van der Waals surface area contributed by atoms with Gasteiger partial charge in [-0.1, -0.05) is 24.6 Å². The minimum atomic E-state index is -0.378. The molecule has 6 heteroatoms. The van der Waals surface area contributed by atoms with E-state index in [4.69, 9.17) is 0 Å². The Morgan fingerprint density at radius 1 is 1.06 bits per heavy atom. The summed E-state index contributed by atoms with van der Waals surface area (Å²) in [6, 6.07) is 13.5. The molecule has 1 atom stereocenters. The molecular formula is C25H27N3O3. The minimum absolute atomic E-state index is 0.0368. The van der Waals surface area contributed by atoms with Crippen molar-refractivity contribution in [3.8, 4) is 0 Å². The van der Waals surface area contributed by atoms with Crippen LogP contribution in [-0.4, -0.2) is 30.8 Å². The van der Waals surface area contributed by atoms with Gasteiger partial charge in [-0.3, -0.25) is 14.4 Å². The molecule has 31 heavy (non-hydrogen) atoms. The van der Waals surface area contributed by atoms with Crippen molar-refractivity contribution < 1.29 is 14.4 Å². The molecule has 2 aromatic carbocycles. The lowest BCUT2D eigenvalue weighted by Gasteiger charge is -2.29. The second kappa shape index (κ2) is 7.84. The molecule has 3 amide bonds. The molecule has 1 aliphatic carbocycles. The fraction of sp³-hybridized carbons (Fsp3) is 0.400. The highest BCUT2D eigenvalue weighted by molar-refractivity contribution is 6.04. The van der Waals surface area contributed by atoms with Crippen molar-refractivity contribution in [2.24, 2.45) is 11.8 Å². The zero-order chi connectivity index (χ0) is 21.5. The van der Waals surface area contributed by atoms with Crippen LogP contribution in [0.15, 0.2) is 42.5 Å². The van der Waals surface area contributed by atoms with Crippen LogP contribution in [0.25, 0.3) is 0 Å². The molecule has 6 nitrogen and oxygen atoms in total.